The van der Waals surface area contributed by atoms with E-state index in [-0.39, 0.29) is 34.9 Å². The molecule has 0 aliphatic carbocycles. The molecule has 6 aromatic rings. The molecule has 15 nitrogen and oxygen atoms in total. The Kier molecular flexibility index (Phi) is 21.7. The zero-order valence-electron chi connectivity index (χ0n) is 50.8. The van der Waals surface area contributed by atoms with E-state index in [1.165, 1.54) is 41.9 Å². The molecule has 0 aromatic heterocycles. The largest absolute Gasteiger partial charge is 0.416 e. The van der Waals surface area contributed by atoms with E-state index in [9.17, 15) is 108 Å². The first kappa shape index (κ1) is 74.7. The molecule has 3 heterocycles. The lowest BCUT2D eigenvalue weighted by atomic mass is 9.89. The Morgan fingerprint density at radius 1 is 0.385 bits per heavy atom. The molecule has 33 heteroatoms. The number of carbonyl (C=O) groups excluding carboxylic acids is 4. The maximum Gasteiger partial charge on any atom is 0.416 e. The molecule has 0 bridgehead atoms. The van der Waals surface area contributed by atoms with Crippen LogP contribution in [0.2, 0.25) is 0 Å². The highest BCUT2D eigenvalue weighted by Gasteiger charge is 2.54. The first-order chi connectivity index (χ1) is 44.3. The minimum atomic E-state index is -5.00. The van der Waals surface area contributed by atoms with Crippen LogP contribution in [0.4, 0.5) is 93.4 Å². The summed E-state index contributed by atoms with van der Waals surface area (Å²) in [5, 5.41) is 29.1. The Balaban J connectivity index is 0.000000203. The predicted octanol–water partition coefficient (Wildman–Crippen LogP) is 14.2. The average Bonchev–Trinajstić information content (AvgIpc) is 1.61. The second-order valence-electron chi connectivity index (χ2n) is 22.4. The molecule has 520 valence electrons. The van der Waals surface area contributed by atoms with Crippen LogP contribution in [-0.2, 0) is 72.7 Å². The summed E-state index contributed by atoms with van der Waals surface area (Å²) in [5.41, 5.74) is -13.2. The highest BCUT2D eigenvalue weighted by Crippen LogP contribution is 2.44. The van der Waals surface area contributed by atoms with Crippen molar-refractivity contribution in [2.75, 3.05) is 41.0 Å². The van der Waals surface area contributed by atoms with Gasteiger partial charge in [0.2, 0.25) is 0 Å². The first-order valence-corrected chi connectivity index (χ1v) is 28.2. The number of aliphatic hydroxyl groups excluding tert-OH is 2. The van der Waals surface area contributed by atoms with Crippen LogP contribution < -0.4 is 16.0 Å². The Morgan fingerprint density at radius 3 is 0.854 bits per heavy atom. The number of halogens is 18. The lowest BCUT2D eigenvalue weighted by Crippen LogP contribution is -2.50. The number of rotatable bonds is 15. The fourth-order valence-corrected chi connectivity index (χ4v) is 10.4. The molecule has 0 saturated carbocycles. The molecule has 0 unspecified atom stereocenters. The van der Waals surface area contributed by atoms with E-state index in [0.717, 1.165) is 14.7 Å². The Hall–Kier alpha value is -8.66. The quantitative estimate of drug-likeness (QED) is 0.0494. The van der Waals surface area contributed by atoms with Gasteiger partial charge in [0.25, 0.3) is 5.91 Å². The van der Waals surface area contributed by atoms with Crippen LogP contribution in [0, 0.1) is 0 Å². The number of hydrogen-bond acceptors (Lipinski definition) is 9. The van der Waals surface area contributed by atoms with Crippen molar-refractivity contribution in [2.24, 2.45) is 0 Å². The monoisotopic (exact) mass is 1380 g/mol. The third-order valence-corrected chi connectivity index (χ3v) is 16.0. The summed E-state index contributed by atoms with van der Waals surface area (Å²) in [6.07, 6.45) is -36.4. The van der Waals surface area contributed by atoms with E-state index in [0.29, 0.717) is 53.1 Å². The SMILES string of the molecule is C[C@@H](OC[C@]1(c2ccccc2)NC(=O)N(C)C1=O)c1cc(C(F)(F)F)cc(C(F)(F)F)c1.C[C@@H](OC[C@]1(c2ccccc2)NC(=O)N(C)[C@@H]1O)c1cc(C(F)(F)F)cc(C(F)(F)F)c1.C[C@@H](OC[C@]1(c2ccccc2)NC(=O)N(C)[C@H]1O)c1cc(C(F)(F)F)cc(C(F)(F)F)c1. The third-order valence-electron chi connectivity index (χ3n) is 16.0. The third kappa shape index (κ3) is 16.4. The van der Waals surface area contributed by atoms with Gasteiger partial charge in [-0.3, -0.25) is 19.5 Å². The summed E-state index contributed by atoms with van der Waals surface area (Å²) in [7, 11) is 3.93. The smallest absolute Gasteiger partial charge is 0.371 e. The summed E-state index contributed by atoms with van der Waals surface area (Å²) in [6.45, 7) is 2.52. The minimum Gasteiger partial charge on any atom is -0.371 e. The Labute approximate surface area is 534 Å². The van der Waals surface area contributed by atoms with Crippen molar-refractivity contribution in [3.63, 3.8) is 0 Å². The molecule has 7 amide bonds. The van der Waals surface area contributed by atoms with E-state index in [4.69, 9.17) is 14.2 Å². The molecular weight excluding hydrogens is 1330 g/mol. The van der Waals surface area contributed by atoms with Gasteiger partial charge >= 0.3 is 55.2 Å². The van der Waals surface area contributed by atoms with Gasteiger partial charge in [0.15, 0.2) is 18.0 Å². The van der Waals surface area contributed by atoms with E-state index >= 15 is 0 Å². The fraction of sp³-hybridized carbons (Fsp3) is 0.365. The molecule has 3 saturated heterocycles. The number of benzene rings is 6. The fourth-order valence-electron chi connectivity index (χ4n) is 10.4. The number of amides is 7. The topological polar surface area (TPSA) is 182 Å². The van der Waals surface area contributed by atoms with E-state index < -0.39 is 162 Å². The zero-order valence-corrected chi connectivity index (χ0v) is 50.8. The van der Waals surface area contributed by atoms with Crippen LogP contribution in [0.3, 0.4) is 0 Å². The van der Waals surface area contributed by atoms with Gasteiger partial charge in [0, 0.05) is 21.1 Å². The second-order valence-corrected chi connectivity index (χ2v) is 22.4. The summed E-state index contributed by atoms with van der Waals surface area (Å²) in [4.78, 5) is 52.1. The summed E-state index contributed by atoms with van der Waals surface area (Å²) in [5.74, 6) is -0.666. The van der Waals surface area contributed by atoms with E-state index in [1.807, 2.05) is 0 Å². The number of carbonyl (C=O) groups is 4. The highest BCUT2D eigenvalue weighted by atomic mass is 19.4. The van der Waals surface area contributed by atoms with Gasteiger partial charge in [-0.25, -0.2) is 14.4 Å². The van der Waals surface area contributed by atoms with Crippen molar-refractivity contribution in [2.45, 2.75) is 105 Å². The standard InChI is InChI=1S/2C21H20F6N2O3.C21H18F6N2O3/c3*1-12(13-8-15(20(22,23)24)10-16(9-13)21(25,26)27)32-11-19(14-6-4-3-5-7-14)17(30)29(2)18(31)28-19/h2*3-10,12,17,30H,11H2,1-2H3,(H,28,31);3-10,12H,11H2,1-2H3,(H,28,31)/t12-,17+,19-;12-,17-,19-;12-,19-/m111/s1. The van der Waals surface area contributed by atoms with Crippen molar-refractivity contribution in [1.82, 2.24) is 30.7 Å². The normalized spacial score (nSPS) is 22.0. The van der Waals surface area contributed by atoms with Gasteiger partial charge in [-0.1, -0.05) is 91.0 Å². The van der Waals surface area contributed by atoms with E-state index in [2.05, 4.69) is 16.0 Å². The maximum atomic E-state index is 13.2. The molecule has 3 aliphatic rings. The molecule has 3 aliphatic heterocycles. The summed E-state index contributed by atoms with van der Waals surface area (Å²) < 4.78 is 254. The number of alkyl halides is 18. The molecule has 96 heavy (non-hydrogen) atoms. The number of nitrogens with one attached hydrogen (secondary N) is 3. The van der Waals surface area contributed by atoms with Crippen molar-refractivity contribution in [3.8, 4) is 0 Å². The number of nitrogens with zero attached hydrogens (tertiary/aromatic N) is 3. The number of likely N-dealkylation sites (N-methyl/N-ethyl adjacent to an activating group) is 3. The minimum absolute atomic E-state index is 0.0252. The molecule has 0 spiro atoms. The van der Waals surface area contributed by atoms with Crippen molar-refractivity contribution in [3.05, 3.63) is 212 Å². The zero-order chi connectivity index (χ0) is 71.7. The van der Waals surface area contributed by atoms with Crippen molar-refractivity contribution < 1.29 is 123 Å². The van der Waals surface area contributed by atoms with Crippen LogP contribution in [0.25, 0.3) is 0 Å². The predicted molar refractivity (Wildman–Crippen MR) is 303 cm³/mol. The van der Waals surface area contributed by atoms with Crippen molar-refractivity contribution in [1.29, 1.82) is 0 Å². The van der Waals surface area contributed by atoms with Crippen LogP contribution in [0.15, 0.2) is 146 Å². The second kappa shape index (κ2) is 27.8. The maximum absolute atomic E-state index is 13.2. The number of aliphatic hydroxyl groups is 2. The van der Waals surface area contributed by atoms with E-state index in [1.54, 1.807) is 91.0 Å². The first-order valence-electron chi connectivity index (χ1n) is 28.2. The van der Waals surface area contributed by atoms with Crippen LogP contribution in [0.1, 0.15) is 106 Å². The van der Waals surface area contributed by atoms with Gasteiger partial charge in [-0.2, -0.15) is 79.0 Å². The van der Waals surface area contributed by atoms with Crippen LogP contribution >= 0.6 is 0 Å². The molecular formula is C63H58F18N6O9. The van der Waals surface area contributed by atoms with Crippen LogP contribution in [-0.4, -0.2) is 102 Å². The lowest BCUT2D eigenvalue weighted by molar-refractivity contribution is -0.145. The van der Waals surface area contributed by atoms with Crippen LogP contribution in [0.5, 0.6) is 0 Å². The van der Waals surface area contributed by atoms with Gasteiger partial charge in [0.1, 0.15) is 11.1 Å². The molecule has 9 rings (SSSR count). The number of hydrogen-bond donors (Lipinski definition) is 5. The molecule has 6 aromatic carbocycles. The molecule has 3 fully saturated rings. The summed E-state index contributed by atoms with van der Waals surface area (Å²) in [6, 6.07) is 26.1. The highest BCUT2D eigenvalue weighted by molar-refractivity contribution is 6.07. The van der Waals surface area contributed by atoms with Gasteiger partial charge in [0.05, 0.1) is 71.5 Å². The molecule has 0 radical (unpaired) electrons. The number of ether oxygens (including phenoxy) is 3. The average molecular weight is 1390 g/mol. The Bertz CT molecular complexity index is 3490. The number of urea groups is 3. The Morgan fingerprint density at radius 2 is 0.635 bits per heavy atom. The lowest BCUT2D eigenvalue weighted by Gasteiger charge is -2.34. The van der Waals surface area contributed by atoms with Gasteiger partial charge < -0.3 is 40.4 Å². The molecule has 8 atom stereocenters. The summed E-state index contributed by atoms with van der Waals surface area (Å²) >= 11 is 0. The van der Waals surface area contributed by atoms with Gasteiger partial charge in [-0.05, 0) is 109 Å². The number of imide groups is 1. The molecule has 5 N–H and O–H groups in total. The van der Waals surface area contributed by atoms with Gasteiger partial charge in [-0.15, -0.1) is 0 Å². The van der Waals surface area contributed by atoms with Crippen molar-refractivity contribution >= 4 is 24.0 Å².